The van der Waals surface area contributed by atoms with Gasteiger partial charge in [0, 0.05) is 18.6 Å². The molecule has 2 rings (SSSR count). The van der Waals surface area contributed by atoms with E-state index in [1.807, 2.05) is 26.0 Å². The summed E-state index contributed by atoms with van der Waals surface area (Å²) in [5, 5.41) is 0. The van der Waals surface area contributed by atoms with Crippen molar-refractivity contribution in [1.29, 1.82) is 0 Å². The predicted octanol–water partition coefficient (Wildman–Crippen LogP) is 1.26. The number of rotatable bonds is 3. The van der Waals surface area contributed by atoms with Crippen molar-refractivity contribution in [1.82, 2.24) is 4.57 Å². The molecule has 2 aromatic rings. The van der Waals surface area contributed by atoms with Gasteiger partial charge in [-0.3, -0.25) is 4.57 Å². The van der Waals surface area contributed by atoms with Crippen molar-refractivity contribution in [2.45, 2.75) is 31.8 Å². The van der Waals surface area contributed by atoms with E-state index in [9.17, 15) is 4.79 Å². The number of benzene rings is 1. The van der Waals surface area contributed by atoms with Gasteiger partial charge in [-0.15, -0.1) is 0 Å². The molecule has 18 heavy (non-hydrogen) atoms. The predicted molar refractivity (Wildman–Crippen MR) is 71.3 cm³/mol. The summed E-state index contributed by atoms with van der Waals surface area (Å²) < 4.78 is 6.55. The van der Waals surface area contributed by atoms with Crippen molar-refractivity contribution in [3.63, 3.8) is 0 Å². The van der Waals surface area contributed by atoms with Crippen LogP contribution in [0.25, 0.3) is 11.1 Å². The van der Waals surface area contributed by atoms with Crippen molar-refractivity contribution in [3.05, 3.63) is 34.3 Å². The third-order valence-corrected chi connectivity index (χ3v) is 2.99. The minimum Gasteiger partial charge on any atom is -0.408 e. The molecule has 0 saturated carbocycles. The number of aromatic nitrogens is 1. The molecule has 5 heteroatoms. The summed E-state index contributed by atoms with van der Waals surface area (Å²) in [6, 6.07) is 5.38. The molecule has 4 N–H and O–H groups in total. The van der Waals surface area contributed by atoms with Gasteiger partial charge in [-0.25, -0.2) is 4.79 Å². The van der Waals surface area contributed by atoms with Crippen LogP contribution in [0, 0.1) is 0 Å². The van der Waals surface area contributed by atoms with Gasteiger partial charge in [0.1, 0.15) is 0 Å². The third-order valence-electron chi connectivity index (χ3n) is 2.99. The molecule has 1 heterocycles. The van der Waals surface area contributed by atoms with Crippen LogP contribution in [-0.4, -0.2) is 10.1 Å². The fraction of sp³-hybridized carbons (Fsp3) is 0.462. The maximum atomic E-state index is 11.4. The summed E-state index contributed by atoms with van der Waals surface area (Å²) in [7, 11) is 1.68. The highest BCUT2D eigenvalue weighted by Crippen LogP contribution is 2.23. The number of oxazole rings is 1. The van der Waals surface area contributed by atoms with Gasteiger partial charge >= 0.3 is 5.76 Å². The van der Waals surface area contributed by atoms with Crippen LogP contribution in [0.15, 0.2) is 27.4 Å². The SMILES string of the molecule is Cn1c(=O)oc2ccc(C(N)CC(C)(C)N)cc21. The van der Waals surface area contributed by atoms with Crippen LogP contribution in [0.1, 0.15) is 31.9 Å². The molecule has 0 spiro atoms. The van der Waals surface area contributed by atoms with Gasteiger partial charge in [-0.05, 0) is 38.0 Å². The normalized spacial score (nSPS) is 14.1. The Morgan fingerprint density at radius 3 is 2.72 bits per heavy atom. The van der Waals surface area contributed by atoms with Gasteiger partial charge in [0.15, 0.2) is 5.58 Å². The first kappa shape index (κ1) is 12.9. The second-order valence-electron chi connectivity index (χ2n) is 5.45. The largest absolute Gasteiger partial charge is 0.419 e. The Balaban J connectivity index is 2.40. The Morgan fingerprint density at radius 1 is 1.44 bits per heavy atom. The van der Waals surface area contributed by atoms with Crippen LogP contribution in [0.5, 0.6) is 0 Å². The quantitative estimate of drug-likeness (QED) is 0.857. The molecule has 0 aliphatic heterocycles. The fourth-order valence-electron chi connectivity index (χ4n) is 2.06. The first-order chi connectivity index (χ1) is 8.28. The molecule has 0 fully saturated rings. The molecule has 1 aromatic heterocycles. The first-order valence-electron chi connectivity index (χ1n) is 5.92. The zero-order chi connectivity index (χ0) is 13.5. The van der Waals surface area contributed by atoms with Gasteiger partial charge in [0.25, 0.3) is 0 Å². The molecule has 1 aromatic carbocycles. The maximum Gasteiger partial charge on any atom is 0.419 e. The Labute approximate surface area is 105 Å². The van der Waals surface area contributed by atoms with E-state index in [4.69, 9.17) is 15.9 Å². The van der Waals surface area contributed by atoms with E-state index in [2.05, 4.69) is 0 Å². The van der Waals surface area contributed by atoms with Gasteiger partial charge in [-0.1, -0.05) is 6.07 Å². The topological polar surface area (TPSA) is 87.2 Å². The Bertz CT molecular complexity index is 619. The molecular weight excluding hydrogens is 230 g/mol. The van der Waals surface area contributed by atoms with E-state index < -0.39 is 0 Å². The summed E-state index contributed by atoms with van der Waals surface area (Å²) >= 11 is 0. The van der Waals surface area contributed by atoms with Gasteiger partial charge in [0.05, 0.1) is 5.52 Å². The Kier molecular flexibility index (Phi) is 3.04. The van der Waals surface area contributed by atoms with Crippen LogP contribution >= 0.6 is 0 Å². The third kappa shape index (κ3) is 2.47. The Morgan fingerprint density at radius 2 is 2.11 bits per heavy atom. The number of aryl methyl sites for hydroxylation is 1. The van der Waals surface area contributed by atoms with E-state index in [0.717, 1.165) is 11.1 Å². The number of nitrogens with two attached hydrogens (primary N) is 2. The van der Waals surface area contributed by atoms with Crippen molar-refractivity contribution in [3.8, 4) is 0 Å². The summed E-state index contributed by atoms with van der Waals surface area (Å²) in [6.45, 7) is 3.89. The van der Waals surface area contributed by atoms with Gasteiger partial charge in [-0.2, -0.15) is 0 Å². The highest BCUT2D eigenvalue weighted by molar-refractivity contribution is 5.73. The standard InChI is InChI=1S/C13H19N3O2/c1-13(2,15)7-9(14)8-4-5-11-10(6-8)16(3)12(17)18-11/h4-6,9H,7,14-15H2,1-3H3. The fourth-order valence-corrected chi connectivity index (χ4v) is 2.06. The highest BCUT2D eigenvalue weighted by Gasteiger charge is 2.18. The van der Waals surface area contributed by atoms with Crippen LogP contribution in [0.2, 0.25) is 0 Å². The number of fused-ring (bicyclic) bond motifs is 1. The van der Waals surface area contributed by atoms with Crippen molar-refractivity contribution in [2.75, 3.05) is 0 Å². The molecule has 0 aliphatic carbocycles. The minimum absolute atomic E-state index is 0.153. The molecule has 5 nitrogen and oxygen atoms in total. The summed E-state index contributed by atoms with van der Waals surface area (Å²) in [5.41, 5.74) is 14.1. The van der Waals surface area contributed by atoms with E-state index in [1.165, 1.54) is 4.57 Å². The summed E-state index contributed by atoms with van der Waals surface area (Å²) in [6.07, 6.45) is 0.671. The van der Waals surface area contributed by atoms with Crippen LogP contribution < -0.4 is 17.2 Å². The molecular formula is C13H19N3O2. The lowest BCUT2D eigenvalue weighted by molar-refractivity contribution is 0.429. The maximum absolute atomic E-state index is 11.4. The molecule has 0 radical (unpaired) electrons. The van der Waals surface area contributed by atoms with Crippen LogP contribution in [0.3, 0.4) is 0 Å². The lowest BCUT2D eigenvalue weighted by atomic mass is 9.92. The lowest BCUT2D eigenvalue weighted by Gasteiger charge is -2.23. The smallest absolute Gasteiger partial charge is 0.408 e. The zero-order valence-corrected chi connectivity index (χ0v) is 10.9. The molecule has 1 atom stereocenters. The lowest BCUT2D eigenvalue weighted by Crippen LogP contribution is -2.35. The summed E-state index contributed by atoms with van der Waals surface area (Å²) in [5.74, 6) is -0.366. The van der Waals surface area contributed by atoms with Crippen LogP contribution in [-0.2, 0) is 7.05 Å². The van der Waals surface area contributed by atoms with Crippen molar-refractivity contribution >= 4 is 11.1 Å². The molecule has 0 amide bonds. The van der Waals surface area contributed by atoms with E-state index >= 15 is 0 Å². The number of nitrogens with zero attached hydrogens (tertiary/aromatic N) is 1. The summed E-state index contributed by atoms with van der Waals surface area (Å²) in [4.78, 5) is 11.4. The monoisotopic (exact) mass is 249 g/mol. The first-order valence-corrected chi connectivity index (χ1v) is 5.92. The average Bonchev–Trinajstić information content (AvgIpc) is 2.52. The molecule has 1 unspecified atom stereocenters. The van der Waals surface area contributed by atoms with E-state index in [-0.39, 0.29) is 17.3 Å². The second kappa shape index (κ2) is 4.26. The highest BCUT2D eigenvalue weighted by atomic mass is 16.4. The Hall–Kier alpha value is -1.59. The zero-order valence-electron chi connectivity index (χ0n) is 10.9. The number of hydrogen-bond acceptors (Lipinski definition) is 4. The van der Waals surface area contributed by atoms with Gasteiger partial charge < -0.3 is 15.9 Å². The molecule has 0 bridgehead atoms. The van der Waals surface area contributed by atoms with Crippen LogP contribution in [0.4, 0.5) is 0 Å². The molecule has 0 saturated heterocycles. The molecule has 0 aliphatic rings. The minimum atomic E-state index is -0.366. The van der Waals surface area contributed by atoms with E-state index in [1.54, 1.807) is 13.1 Å². The molecule has 98 valence electrons. The second-order valence-corrected chi connectivity index (χ2v) is 5.45. The number of hydrogen-bond donors (Lipinski definition) is 2. The van der Waals surface area contributed by atoms with Crippen molar-refractivity contribution < 1.29 is 4.42 Å². The van der Waals surface area contributed by atoms with E-state index in [0.29, 0.717) is 12.0 Å². The van der Waals surface area contributed by atoms with Gasteiger partial charge in [0.2, 0.25) is 0 Å². The average molecular weight is 249 g/mol. The van der Waals surface area contributed by atoms with Crippen molar-refractivity contribution in [2.24, 2.45) is 18.5 Å².